The fraction of sp³-hybridized carbons (Fsp3) is 0.526. The van der Waals surface area contributed by atoms with Gasteiger partial charge >= 0.3 is 0 Å². The van der Waals surface area contributed by atoms with Crippen molar-refractivity contribution in [1.82, 2.24) is 14.8 Å². The van der Waals surface area contributed by atoms with Crippen molar-refractivity contribution in [3.05, 3.63) is 36.0 Å². The van der Waals surface area contributed by atoms with E-state index in [1.165, 1.54) is 38.2 Å². The number of rotatable bonds is 3. The number of pyridine rings is 1. The molecule has 3 heterocycles. The molecule has 23 heavy (non-hydrogen) atoms. The maximum atomic E-state index is 5.29. The van der Waals surface area contributed by atoms with E-state index in [-0.39, 0.29) is 0 Å². The average molecular weight is 311 g/mol. The van der Waals surface area contributed by atoms with Crippen molar-refractivity contribution in [2.75, 3.05) is 26.7 Å². The second kappa shape index (κ2) is 6.10. The number of hydrogen-bond acceptors (Lipinski definition) is 4. The van der Waals surface area contributed by atoms with E-state index in [4.69, 9.17) is 9.72 Å². The summed E-state index contributed by atoms with van der Waals surface area (Å²) < 4.78 is 5.29. The Morgan fingerprint density at radius 3 is 3.00 bits per heavy atom. The molecule has 1 aromatic carbocycles. The average Bonchev–Trinajstić information content (AvgIpc) is 3.01. The number of fused-ring (bicyclic) bond motifs is 2. The first-order chi connectivity index (χ1) is 11.2. The molecule has 4 rings (SSSR count). The molecule has 4 nitrogen and oxygen atoms in total. The molecular formula is C19H25N3O. The highest BCUT2D eigenvalue weighted by atomic mass is 16.5. The molecule has 4 heteroatoms. The summed E-state index contributed by atoms with van der Waals surface area (Å²) in [5.41, 5.74) is 2.22. The number of aromatic nitrogens is 1. The van der Waals surface area contributed by atoms with Crippen molar-refractivity contribution in [1.29, 1.82) is 0 Å². The Kier molecular flexibility index (Phi) is 3.95. The molecule has 1 aromatic heterocycles. The Morgan fingerprint density at radius 1 is 1.22 bits per heavy atom. The molecule has 0 spiro atoms. The number of nitrogens with zero attached hydrogens (tertiary/aromatic N) is 3. The molecule has 2 atom stereocenters. The van der Waals surface area contributed by atoms with E-state index in [1.807, 2.05) is 12.1 Å². The fourth-order valence-electron chi connectivity index (χ4n) is 4.04. The largest absolute Gasteiger partial charge is 0.497 e. The molecule has 2 fully saturated rings. The second-order valence-electron chi connectivity index (χ2n) is 6.93. The number of benzene rings is 1. The zero-order chi connectivity index (χ0) is 15.8. The maximum absolute atomic E-state index is 5.29. The lowest BCUT2D eigenvalue weighted by molar-refractivity contribution is 0.0532. The van der Waals surface area contributed by atoms with Crippen molar-refractivity contribution in [2.24, 2.45) is 0 Å². The zero-order valence-electron chi connectivity index (χ0n) is 14.0. The first kappa shape index (κ1) is 14.9. The Hall–Kier alpha value is -1.65. The molecule has 0 unspecified atom stereocenters. The zero-order valence-corrected chi connectivity index (χ0v) is 14.0. The van der Waals surface area contributed by atoms with Crippen LogP contribution in [-0.4, -0.2) is 53.6 Å². The minimum absolute atomic E-state index is 0.609. The quantitative estimate of drug-likeness (QED) is 0.871. The van der Waals surface area contributed by atoms with Crippen molar-refractivity contribution >= 4 is 10.9 Å². The van der Waals surface area contributed by atoms with Gasteiger partial charge in [-0.25, -0.2) is 0 Å². The van der Waals surface area contributed by atoms with Gasteiger partial charge in [0.2, 0.25) is 0 Å². The maximum Gasteiger partial charge on any atom is 0.119 e. The molecule has 0 amide bonds. The SMILES string of the molecule is COc1ccc2nc(CN3C[C@H]4CCCN4C[C@H]3C)ccc2c1. The van der Waals surface area contributed by atoms with E-state index in [0.29, 0.717) is 6.04 Å². The van der Waals surface area contributed by atoms with Gasteiger partial charge in [-0.3, -0.25) is 14.8 Å². The number of piperazine rings is 1. The topological polar surface area (TPSA) is 28.6 Å². The monoisotopic (exact) mass is 311 g/mol. The van der Waals surface area contributed by atoms with Gasteiger partial charge in [0.15, 0.2) is 0 Å². The van der Waals surface area contributed by atoms with Crippen LogP contribution in [0, 0.1) is 0 Å². The number of ether oxygens (including phenoxy) is 1. The Morgan fingerprint density at radius 2 is 2.13 bits per heavy atom. The predicted molar refractivity (Wildman–Crippen MR) is 92.8 cm³/mol. The minimum Gasteiger partial charge on any atom is -0.497 e. The molecule has 2 aliphatic heterocycles. The van der Waals surface area contributed by atoms with Gasteiger partial charge in [-0.1, -0.05) is 6.07 Å². The van der Waals surface area contributed by atoms with Crippen LogP contribution in [0.15, 0.2) is 30.3 Å². The molecule has 0 aliphatic carbocycles. The van der Waals surface area contributed by atoms with Crippen LogP contribution in [0.1, 0.15) is 25.5 Å². The summed E-state index contributed by atoms with van der Waals surface area (Å²) in [5.74, 6) is 0.887. The van der Waals surface area contributed by atoms with Gasteiger partial charge < -0.3 is 4.74 Å². The summed E-state index contributed by atoms with van der Waals surface area (Å²) in [6.07, 6.45) is 2.72. The van der Waals surface area contributed by atoms with Gasteiger partial charge in [0.25, 0.3) is 0 Å². The predicted octanol–water partition coefficient (Wildman–Crippen LogP) is 2.91. The summed E-state index contributed by atoms with van der Waals surface area (Å²) in [4.78, 5) is 10.1. The molecule has 122 valence electrons. The van der Waals surface area contributed by atoms with Crippen molar-refractivity contribution in [2.45, 2.75) is 38.4 Å². The third-order valence-electron chi connectivity index (χ3n) is 5.39. The van der Waals surface area contributed by atoms with Crippen LogP contribution < -0.4 is 4.74 Å². The van der Waals surface area contributed by atoms with Gasteiger partial charge in [-0.15, -0.1) is 0 Å². The molecule has 0 N–H and O–H groups in total. The van der Waals surface area contributed by atoms with Crippen LogP contribution >= 0.6 is 0 Å². The lowest BCUT2D eigenvalue weighted by Crippen LogP contribution is -2.54. The van der Waals surface area contributed by atoms with Crippen LogP contribution in [0.2, 0.25) is 0 Å². The van der Waals surface area contributed by atoms with E-state index in [0.717, 1.165) is 29.2 Å². The highest BCUT2D eigenvalue weighted by Crippen LogP contribution is 2.26. The molecule has 0 saturated carbocycles. The highest BCUT2D eigenvalue weighted by molar-refractivity contribution is 5.80. The lowest BCUT2D eigenvalue weighted by Gasteiger charge is -2.42. The van der Waals surface area contributed by atoms with Crippen LogP contribution in [-0.2, 0) is 6.54 Å². The van der Waals surface area contributed by atoms with Crippen LogP contribution in [0.25, 0.3) is 10.9 Å². The van der Waals surface area contributed by atoms with Crippen molar-refractivity contribution in [3.8, 4) is 5.75 Å². The van der Waals surface area contributed by atoms with Crippen LogP contribution in [0.3, 0.4) is 0 Å². The molecule has 2 aromatic rings. The van der Waals surface area contributed by atoms with E-state index in [2.05, 4.69) is 34.9 Å². The normalized spacial score (nSPS) is 25.7. The third kappa shape index (κ3) is 2.93. The summed E-state index contributed by atoms with van der Waals surface area (Å²) in [7, 11) is 1.70. The molecule has 0 bridgehead atoms. The first-order valence-electron chi connectivity index (χ1n) is 8.65. The van der Waals surface area contributed by atoms with E-state index in [1.54, 1.807) is 7.11 Å². The molecule has 2 saturated heterocycles. The van der Waals surface area contributed by atoms with E-state index in [9.17, 15) is 0 Å². The van der Waals surface area contributed by atoms with E-state index < -0.39 is 0 Å². The van der Waals surface area contributed by atoms with Gasteiger partial charge in [0.1, 0.15) is 5.75 Å². The van der Waals surface area contributed by atoms with Crippen molar-refractivity contribution in [3.63, 3.8) is 0 Å². The first-order valence-corrected chi connectivity index (χ1v) is 8.65. The minimum atomic E-state index is 0.609. The summed E-state index contributed by atoms with van der Waals surface area (Å²) in [6, 6.07) is 11.8. The molecule has 0 radical (unpaired) electrons. The number of methoxy groups -OCH3 is 1. The third-order valence-corrected chi connectivity index (χ3v) is 5.39. The van der Waals surface area contributed by atoms with Gasteiger partial charge in [-0.05, 0) is 50.6 Å². The Bertz CT molecular complexity index is 702. The summed E-state index contributed by atoms with van der Waals surface area (Å²) in [6.45, 7) is 6.98. The highest BCUT2D eigenvalue weighted by Gasteiger charge is 2.34. The standard InChI is InChI=1S/C19H25N3O/c1-14-11-21-9-3-4-17(21)13-22(14)12-16-6-5-15-10-18(23-2)7-8-19(15)20-16/h5-8,10,14,17H,3-4,9,11-13H2,1-2H3/t14-,17-/m1/s1. The molecule has 2 aliphatic rings. The smallest absolute Gasteiger partial charge is 0.119 e. The number of hydrogen-bond donors (Lipinski definition) is 0. The summed E-state index contributed by atoms with van der Waals surface area (Å²) in [5, 5.41) is 1.14. The van der Waals surface area contributed by atoms with Gasteiger partial charge in [-0.2, -0.15) is 0 Å². The second-order valence-corrected chi connectivity index (χ2v) is 6.93. The Balaban J connectivity index is 1.52. The molecular weight excluding hydrogens is 286 g/mol. The van der Waals surface area contributed by atoms with Crippen LogP contribution in [0.4, 0.5) is 0 Å². The summed E-state index contributed by atoms with van der Waals surface area (Å²) >= 11 is 0. The lowest BCUT2D eigenvalue weighted by atomic mass is 10.1. The van der Waals surface area contributed by atoms with Gasteiger partial charge in [0.05, 0.1) is 18.3 Å². The van der Waals surface area contributed by atoms with E-state index >= 15 is 0 Å². The van der Waals surface area contributed by atoms with Crippen LogP contribution in [0.5, 0.6) is 5.75 Å². The van der Waals surface area contributed by atoms with Crippen molar-refractivity contribution < 1.29 is 4.74 Å². The van der Waals surface area contributed by atoms with Gasteiger partial charge in [0, 0.05) is 37.1 Å². The fourth-order valence-corrected chi connectivity index (χ4v) is 4.04. The Labute approximate surface area is 138 Å².